The highest BCUT2D eigenvalue weighted by Crippen LogP contribution is 2.32. The summed E-state index contributed by atoms with van der Waals surface area (Å²) in [6.07, 6.45) is 0.339. The van der Waals surface area contributed by atoms with Crippen LogP contribution < -0.4 is 0 Å². The fourth-order valence-corrected chi connectivity index (χ4v) is 2.45. The molecular formula is C13H24O4. The molecule has 0 spiro atoms. The SMILES string of the molecule is CC(C)OC1COC2C(OC(C)(C)C)COC12. The fraction of sp³-hybridized carbons (Fsp3) is 1.00. The van der Waals surface area contributed by atoms with Crippen molar-refractivity contribution in [2.75, 3.05) is 13.2 Å². The average Bonchev–Trinajstić information content (AvgIpc) is 2.68. The van der Waals surface area contributed by atoms with Gasteiger partial charge in [-0.15, -0.1) is 0 Å². The van der Waals surface area contributed by atoms with Gasteiger partial charge in [0, 0.05) is 0 Å². The lowest BCUT2D eigenvalue weighted by molar-refractivity contribution is -0.107. The van der Waals surface area contributed by atoms with Gasteiger partial charge in [0.2, 0.25) is 0 Å². The molecule has 0 aromatic rings. The first-order valence-corrected chi connectivity index (χ1v) is 6.43. The molecule has 0 bridgehead atoms. The van der Waals surface area contributed by atoms with Crippen LogP contribution in [0, 0.1) is 0 Å². The van der Waals surface area contributed by atoms with Crippen molar-refractivity contribution in [1.82, 2.24) is 0 Å². The second kappa shape index (κ2) is 4.84. The van der Waals surface area contributed by atoms with Gasteiger partial charge in [0.05, 0.1) is 24.9 Å². The molecule has 4 unspecified atom stereocenters. The van der Waals surface area contributed by atoms with Crippen LogP contribution in [-0.4, -0.2) is 49.3 Å². The first-order chi connectivity index (χ1) is 7.87. The zero-order chi connectivity index (χ0) is 12.6. The zero-order valence-corrected chi connectivity index (χ0v) is 11.4. The standard InChI is InChI=1S/C13H24O4/c1-8(2)16-9-6-14-12-10(7-15-11(9)12)17-13(3,4)5/h8-12H,6-7H2,1-5H3. The summed E-state index contributed by atoms with van der Waals surface area (Å²) in [6.45, 7) is 11.4. The van der Waals surface area contributed by atoms with Crippen molar-refractivity contribution in [3.8, 4) is 0 Å². The van der Waals surface area contributed by atoms with Crippen molar-refractivity contribution < 1.29 is 18.9 Å². The van der Waals surface area contributed by atoms with Gasteiger partial charge in [0.15, 0.2) is 0 Å². The number of rotatable bonds is 3. The van der Waals surface area contributed by atoms with E-state index in [0.29, 0.717) is 13.2 Å². The summed E-state index contributed by atoms with van der Waals surface area (Å²) in [4.78, 5) is 0. The lowest BCUT2D eigenvalue weighted by atomic mass is 10.1. The molecule has 2 heterocycles. The Balaban J connectivity index is 1.92. The quantitative estimate of drug-likeness (QED) is 0.758. The smallest absolute Gasteiger partial charge is 0.115 e. The number of ether oxygens (including phenoxy) is 4. The van der Waals surface area contributed by atoms with Crippen LogP contribution in [0.5, 0.6) is 0 Å². The summed E-state index contributed by atoms with van der Waals surface area (Å²) in [5.74, 6) is 0. The monoisotopic (exact) mass is 244 g/mol. The Hall–Kier alpha value is -0.160. The molecule has 2 aliphatic rings. The molecule has 4 atom stereocenters. The highest BCUT2D eigenvalue weighted by molar-refractivity contribution is 4.96. The average molecular weight is 244 g/mol. The predicted molar refractivity (Wildman–Crippen MR) is 64.1 cm³/mol. The van der Waals surface area contributed by atoms with Crippen LogP contribution >= 0.6 is 0 Å². The van der Waals surface area contributed by atoms with Gasteiger partial charge in [0.1, 0.15) is 24.4 Å². The van der Waals surface area contributed by atoms with E-state index >= 15 is 0 Å². The van der Waals surface area contributed by atoms with Gasteiger partial charge in [0.25, 0.3) is 0 Å². The van der Waals surface area contributed by atoms with Gasteiger partial charge in [-0.2, -0.15) is 0 Å². The Morgan fingerprint density at radius 2 is 1.53 bits per heavy atom. The maximum Gasteiger partial charge on any atom is 0.115 e. The van der Waals surface area contributed by atoms with Crippen LogP contribution in [0.1, 0.15) is 34.6 Å². The van der Waals surface area contributed by atoms with Crippen LogP contribution in [-0.2, 0) is 18.9 Å². The van der Waals surface area contributed by atoms with E-state index < -0.39 is 0 Å². The van der Waals surface area contributed by atoms with Gasteiger partial charge >= 0.3 is 0 Å². The van der Waals surface area contributed by atoms with Crippen molar-refractivity contribution in [2.24, 2.45) is 0 Å². The molecule has 0 aliphatic carbocycles. The second-order valence-electron chi connectivity index (χ2n) is 6.09. The Kier molecular flexibility index (Phi) is 3.78. The molecule has 0 N–H and O–H groups in total. The number of hydrogen-bond donors (Lipinski definition) is 0. The highest BCUT2D eigenvalue weighted by Gasteiger charge is 2.49. The third kappa shape index (κ3) is 3.19. The zero-order valence-electron chi connectivity index (χ0n) is 11.4. The van der Waals surface area contributed by atoms with E-state index in [1.54, 1.807) is 0 Å². The molecule has 17 heavy (non-hydrogen) atoms. The highest BCUT2D eigenvalue weighted by atomic mass is 16.6. The van der Waals surface area contributed by atoms with Crippen LogP contribution in [0.25, 0.3) is 0 Å². The number of fused-ring (bicyclic) bond motifs is 1. The van der Waals surface area contributed by atoms with E-state index in [9.17, 15) is 0 Å². The minimum Gasteiger partial charge on any atom is -0.370 e. The van der Waals surface area contributed by atoms with Gasteiger partial charge in [-0.1, -0.05) is 0 Å². The molecule has 0 saturated carbocycles. The maximum absolute atomic E-state index is 5.96. The summed E-state index contributed by atoms with van der Waals surface area (Å²) in [5, 5.41) is 0. The van der Waals surface area contributed by atoms with Crippen molar-refractivity contribution in [1.29, 1.82) is 0 Å². The fourth-order valence-electron chi connectivity index (χ4n) is 2.45. The summed E-state index contributed by atoms with van der Waals surface area (Å²) >= 11 is 0. The molecule has 4 heteroatoms. The first-order valence-electron chi connectivity index (χ1n) is 6.43. The minimum absolute atomic E-state index is 0.0259. The topological polar surface area (TPSA) is 36.9 Å². The molecule has 0 aromatic heterocycles. The van der Waals surface area contributed by atoms with Gasteiger partial charge < -0.3 is 18.9 Å². The lowest BCUT2D eigenvalue weighted by Crippen LogP contribution is -2.38. The first kappa shape index (κ1) is 13.3. The summed E-state index contributed by atoms with van der Waals surface area (Å²) in [6, 6.07) is 0. The largest absolute Gasteiger partial charge is 0.370 e. The number of hydrogen-bond acceptors (Lipinski definition) is 4. The van der Waals surface area contributed by atoms with Crippen LogP contribution in [0.4, 0.5) is 0 Å². The molecule has 0 radical (unpaired) electrons. The lowest BCUT2D eigenvalue weighted by Gasteiger charge is -2.26. The van der Waals surface area contributed by atoms with Crippen LogP contribution in [0.3, 0.4) is 0 Å². The molecule has 100 valence electrons. The summed E-state index contributed by atoms with van der Waals surface area (Å²) < 4.78 is 23.3. The van der Waals surface area contributed by atoms with Crippen molar-refractivity contribution in [2.45, 2.75) is 70.7 Å². The van der Waals surface area contributed by atoms with Crippen molar-refractivity contribution >= 4 is 0 Å². The Bertz CT molecular complexity index is 259. The third-order valence-corrected chi connectivity index (χ3v) is 2.91. The predicted octanol–water partition coefficient (Wildman–Crippen LogP) is 1.76. The van der Waals surface area contributed by atoms with Gasteiger partial charge in [-0.05, 0) is 34.6 Å². The van der Waals surface area contributed by atoms with Crippen molar-refractivity contribution in [3.05, 3.63) is 0 Å². The van der Waals surface area contributed by atoms with E-state index in [4.69, 9.17) is 18.9 Å². The van der Waals surface area contributed by atoms with Gasteiger partial charge in [-0.25, -0.2) is 0 Å². The van der Waals surface area contributed by atoms with Crippen LogP contribution in [0.15, 0.2) is 0 Å². The third-order valence-electron chi connectivity index (χ3n) is 2.91. The molecule has 0 aromatic carbocycles. The molecular weight excluding hydrogens is 220 g/mol. The molecule has 0 amide bonds. The summed E-state index contributed by atoms with van der Waals surface area (Å²) in [7, 11) is 0. The second-order valence-corrected chi connectivity index (χ2v) is 6.09. The Labute approximate surface area is 104 Å². The van der Waals surface area contributed by atoms with Gasteiger partial charge in [-0.3, -0.25) is 0 Å². The van der Waals surface area contributed by atoms with Crippen LogP contribution in [0.2, 0.25) is 0 Å². The molecule has 2 fully saturated rings. The van der Waals surface area contributed by atoms with E-state index in [1.165, 1.54) is 0 Å². The molecule has 2 aliphatic heterocycles. The molecule has 2 saturated heterocycles. The Morgan fingerprint density at radius 3 is 2.06 bits per heavy atom. The van der Waals surface area contributed by atoms with E-state index in [2.05, 4.69) is 20.8 Å². The molecule has 4 nitrogen and oxygen atoms in total. The molecule has 2 rings (SSSR count). The van der Waals surface area contributed by atoms with E-state index in [1.807, 2.05) is 13.8 Å². The maximum atomic E-state index is 5.96. The van der Waals surface area contributed by atoms with E-state index in [0.717, 1.165) is 0 Å². The minimum atomic E-state index is -0.163. The summed E-state index contributed by atoms with van der Waals surface area (Å²) in [5.41, 5.74) is -0.163. The Morgan fingerprint density at radius 1 is 1.00 bits per heavy atom. The normalized spacial score (nSPS) is 37.8. The van der Waals surface area contributed by atoms with E-state index in [-0.39, 0.29) is 36.1 Å². The van der Waals surface area contributed by atoms with Crippen molar-refractivity contribution in [3.63, 3.8) is 0 Å².